The van der Waals surface area contributed by atoms with Crippen LogP contribution in [-0.2, 0) is 9.84 Å². The van der Waals surface area contributed by atoms with Crippen LogP contribution in [0.1, 0.15) is 6.42 Å². The Labute approximate surface area is 88.4 Å². The molecule has 1 aliphatic heterocycles. The minimum atomic E-state index is -3.04. The number of hydrogen-bond donors (Lipinski definition) is 1. The lowest BCUT2D eigenvalue weighted by Crippen LogP contribution is -2.38. The maximum Gasteiger partial charge on any atom is 0.153 e. The molecule has 2 aliphatic rings. The van der Waals surface area contributed by atoms with E-state index in [1.807, 2.05) is 18.2 Å². The monoisotopic (exact) mass is 231 g/mol. The first kappa shape index (κ1) is 10.3. The summed E-state index contributed by atoms with van der Waals surface area (Å²) in [6.07, 6.45) is 8.02. The van der Waals surface area contributed by atoms with Gasteiger partial charge >= 0.3 is 0 Å². The summed E-state index contributed by atoms with van der Waals surface area (Å²) in [5.41, 5.74) is 5.84. The van der Waals surface area contributed by atoms with Crippen LogP contribution in [0.4, 0.5) is 0 Å². The molecule has 0 spiro atoms. The zero-order valence-corrected chi connectivity index (χ0v) is 9.51. The molecule has 3 nitrogen and oxygen atoms in total. The molecule has 0 radical (unpaired) electrons. The summed E-state index contributed by atoms with van der Waals surface area (Å²) >= 11 is 1.49. The minimum absolute atomic E-state index is 0.0926. The lowest BCUT2D eigenvalue weighted by molar-refractivity contribution is 0.540. The van der Waals surface area contributed by atoms with Gasteiger partial charge in [0.2, 0.25) is 0 Å². The fourth-order valence-electron chi connectivity index (χ4n) is 2.05. The number of sulfone groups is 1. The number of hydrogen-bond acceptors (Lipinski definition) is 4. The van der Waals surface area contributed by atoms with Crippen molar-refractivity contribution >= 4 is 21.6 Å². The predicted octanol–water partition coefficient (Wildman–Crippen LogP) is 0.891. The molecule has 1 fully saturated rings. The van der Waals surface area contributed by atoms with Gasteiger partial charge in [-0.25, -0.2) is 8.42 Å². The third-order valence-corrected chi connectivity index (χ3v) is 5.70. The second kappa shape index (κ2) is 3.40. The molecule has 78 valence electrons. The molecule has 0 aromatic rings. The molecule has 0 aromatic heterocycles. The summed E-state index contributed by atoms with van der Waals surface area (Å²) in [6.45, 7) is 0. The van der Waals surface area contributed by atoms with E-state index in [4.69, 9.17) is 5.73 Å². The highest BCUT2D eigenvalue weighted by molar-refractivity contribution is 8.05. The first-order chi connectivity index (χ1) is 6.50. The molecule has 1 saturated heterocycles. The van der Waals surface area contributed by atoms with Crippen molar-refractivity contribution in [1.82, 2.24) is 0 Å². The zero-order chi connectivity index (χ0) is 10.3. The SMILES string of the molecule is CS(=O)(=O)C1C(N)SC2=CC=CCC21. The molecule has 0 amide bonds. The van der Waals surface area contributed by atoms with Gasteiger partial charge in [0.1, 0.15) is 0 Å². The quantitative estimate of drug-likeness (QED) is 0.728. The van der Waals surface area contributed by atoms with Crippen LogP contribution < -0.4 is 5.73 Å². The van der Waals surface area contributed by atoms with Gasteiger partial charge in [0.15, 0.2) is 9.84 Å². The highest BCUT2D eigenvalue weighted by atomic mass is 32.2. The fourth-order valence-corrected chi connectivity index (χ4v) is 5.46. The van der Waals surface area contributed by atoms with Crippen LogP contribution in [0.3, 0.4) is 0 Å². The van der Waals surface area contributed by atoms with Crippen LogP contribution in [0.2, 0.25) is 0 Å². The Morgan fingerprint density at radius 3 is 2.93 bits per heavy atom. The molecule has 1 heterocycles. The van der Waals surface area contributed by atoms with E-state index in [0.29, 0.717) is 0 Å². The first-order valence-electron chi connectivity index (χ1n) is 4.48. The average Bonchev–Trinajstić information content (AvgIpc) is 2.38. The number of fused-ring (bicyclic) bond motifs is 1. The first-order valence-corrected chi connectivity index (χ1v) is 7.31. The van der Waals surface area contributed by atoms with E-state index in [0.717, 1.165) is 11.3 Å². The lowest BCUT2D eigenvalue weighted by atomic mass is 9.97. The number of rotatable bonds is 1. The Hall–Kier alpha value is -0.260. The third kappa shape index (κ3) is 1.64. The van der Waals surface area contributed by atoms with Crippen LogP contribution in [0, 0.1) is 5.92 Å². The van der Waals surface area contributed by atoms with Crippen LogP contribution in [0.5, 0.6) is 0 Å². The number of allylic oxidation sites excluding steroid dienone is 4. The topological polar surface area (TPSA) is 60.2 Å². The normalized spacial score (nSPS) is 36.7. The smallest absolute Gasteiger partial charge is 0.153 e. The summed E-state index contributed by atoms with van der Waals surface area (Å²) < 4.78 is 23.1. The number of thioether (sulfide) groups is 1. The van der Waals surface area contributed by atoms with Crippen molar-refractivity contribution in [2.45, 2.75) is 17.0 Å². The zero-order valence-electron chi connectivity index (χ0n) is 7.88. The van der Waals surface area contributed by atoms with Gasteiger partial charge in [-0.05, 0) is 11.3 Å². The maximum absolute atomic E-state index is 11.6. The van der Waals surface area contributed by atoms with Gasteiger partial charge in [0, 0.05) is 12.2 Å². The van der Waals surface area contributed by atoms with E-state index >= 15 is 0 Å². The van der Waals surface area contributed by atoms with Gasteiger partial charge in [0.05, 0.1) is 10.6 Å². The van der Waals surface area contributed by atoms with Gasteiger partial charge in [-0.1, -0.05) is 18.2 Å². The Morgan fingerprint density at radius 1 is 1.57 bits per heavy atom. The van der Waals surface area contributed by atoms with Crippen molar-refractivity contribution in [3.05, 3.63) is 23.1 Å². The molecule has 2 N–H and O–H groups in total. The molecule has 14 heavy (non-hydrogen) atoms. The predicted molar refractivity (Wildman–Crippen MR) is 59.5 cm³/mol. The lowest BCUT2D eigenvalue weighted by Gasteiger charge is -2.19. The van der Waals surface area contributed by atoms with E-state index in [1.165, 1.54) is 18.0 Å². The molecule has 5 heteroatoms. The molecule has 0 bridgehead atoms. The molecular weight excluding hydrogens is 218 g/mol. The standard InChI is InChI=1S/C9H13NO2S2/c1-14(11,12)8-6-4-2-3-5-7(6)13-9(8)10/h2-3,5-6,8-9H,4,10H2,1H3. The molecule has 0 aromatic carbocycles. The fraction of sp³-hybridized carbons (Fsp3) is 0.556. The Bertz CT molecular complexity index is 397. The van der Waals surface area contributed by atoms with E-state index in [-0.39, 0.29) is 11.3 Å². The Kier molecular flexibility index (Phi) is 2.49. The van der Waals surface area contributed by atoms with Crippen LogP contribution >= 0.6 is 11.8 Å². The molecular formula is C9H13NO2S2. The molecule has 3 unspecified atom stereocenters. The van der Waals surface area contributed by atoms with Crippen LogP contribution in [-0.4, -0.2) is 25.3 Å². The van der Waals surface area contributed by atoms with Crippen molar-refractivity contribution in [3.8, 4) is 0 Å². The second-order valence-corrected chi connectivity index (χ2v) is 7.17. The van der Waals surface area contributed by atoms with E-state index < -0.39 is 15.1 Å². The van der Waals surface area contributed by atoms with Gasteiger partial charge in [-0.15, -0.1) is 11.8 Å². The Morgan fingerprint density at radius 2 is 2.29 bits per heavy atom. The molecule has 0 saturated carbocycles. The summed E-state index contributed by atoms with van der Waals surface area (Å²) in [7, 11) is -3.04. The molecule has 2 rings (SSSR count). The third-order valence-electron chi connectivity index (χ3n) is 2.64. The Balaban J connectivity index is 2.36. The van der Waals surface area contributed by atoms with Crippen molar-refractivity contribution in [2.24, 2.45) is 11.7 Å². The summed E-state index contributed by atoms with van der Waals surface area (Å²) in [5.74, 6) is 0.0926. The van der Waals surface area contributed by atoms with Gasteiger partial charge in [-0.3, -0.25) is 0 Å². The highest BCUT2D eigenvalue weighted by Crippen LogP contribution is 2.46. The summed E-state index contributed by atoms with van der Waals surface area (Å²) in [6, 6.07) is 0. The summed E-state index contributed by atoms with van der Waals surface area (Å²) in [5, 5.41) is -0.718. The van der Waals surface area contributed by atoms with Crippen molar-refractivity contribution in [3.63, 3.8) is 0 Å². The highest BCUT2D eigenvalue weighted by Gasteiger charge is 2.44. The van der Waals surface area contributed by atoms with Crippen LogP contribution in [0.25, 0.3) is 0 Å². The maximum atomic E-state index is 11.6. The van der Waals surface area contributed by atoms with E-state index in [2.05, 4.69) is 0 Å². The minimum Gasteiger partial charge on any atom is -0.318 e. The van der Waals surface area contributed by atoms with Gasteiger partial charge < -0.3 is 5.73 Å². The largest absolute Gasteiger partial charge is 0.318 e. The summed E-state index contributed by atoms with van der Waals surface area (Å²) in [4.78, 5) is 1.12. The second-order valence-electron chi connectivity index (χ2n) is 3.72. The van der Waals surface area contributed by atoms with E-state index in [9.17, 15) is 8.42 Å². The average molecular weight is 231 g/mol. The van der Waals surface area contributed by atoms with Crippen molar-refractivity contribution in [2.75, 3.05) is 6.26 Å². The van der Waals surface area contributed by atoms with Gasteiger partial charge in [0.25, 0.3) is 0 Å². The molecule has 3 atom stereocenters. The molecule has 1 aliphatic carbocycles. The van der Waals surface area contributed by atoms with Gasteiger partial charge in [-0.2, -0.15) is 0 Å². The van der Waals surface area contributed by atoms with Crippen LogP contribution in [0.15, 0.2) is 23.1 Å². The number of nitrogens with two attached hydrogens (primary N) is 1. The van der Waals surface area contributed by atoms with Crippen molar-refractivity contribution < 1.29 is 8.42 Å². The van der Waals surface area contributed by atoms with Crippen molar-refractivity contribution in [1.29, 1.82) is 0 Å². The van der Waals surface area contributed by atoms with E-state index in [1.54, 1.807) is 0 Å².